The molecule has 0 aliphatic carbocycles. The zero-order chi connectivity index (χ0) is 11.9. The van der Waals surface area contributed by atoms with E-state index in [1.165, 1.54) is 0 Å². The first kappa shape index (κ1) is 11.1. The molecule has 1 N–H and O–H groups in total. The maximum Gasteiger partial charge on any atom is 0.198 e. The second kappa shape index (κ2) is 3.59. The number of H-pyrrole nitrogens is 1. The van der Waals surface area contributed by atoms with Crippen LogP contribution in [-0.2, 0) is 5.54 Å². The molecule has 0 fully saturated rings. The van der Waals surface area contributed by atoms with Gasteiger partial charge in [-0.2, -0.15) is 5.10 Å². The van der Waals surface area contributed by atoms with Crippen LogP contribution in [0.25, 0.3) is 11.6 Å². The van der Waals surface area contributed by atoms with E-state index < -0.39 is 0 Å². The second-order valence-corrected chi connectivity index (χ2v) is 5.16. The molecular weight excluding hydrogens is 222 g/mol. The van der Waals surface area contributed by atoms with Crippen LogP contribution in [-0.4, -0.2) is 14.8 Å². The first-order chi connectivity index (χ1) is 7.39. The monoisotopic (exact) mass is 237 g/mol. The number of aryl methyl sites for hydroxylation is 1. The lowest BCUT2D eigenvalue weighted by Crippen LogP contribution is -2.22. The Labute approximate surface area is 99.3 Å². The van der Waals surface area contributed by atoms with Crippen molar-refractivity contribution in [2.75, 3.05) is 0 Å². The van der Waals surface area contributed by atoms with E-state index >= 15 is 0 Å². The molecule has 86 valence electrons. The molecule has 0 radical (unpaired) electrons. The van der Waals surface area contributed by atoms with Crippen LogP contribution >= 0.6 is 12.2 Å². The van der Waals surface area contributed by atoms with Crippen LogP contribution in [0.1, 0.15) is 26.5 Å². The summed E-state index contributed by atoms with van der Waals surface area (Å²) in [5.41, 5.74) is -0.125. The summed E-state index contributed by atoms with van der Waals surface area (Å²) < 4.78 is 8.14. The van der Waals surface area contributed by atoms with Gasteiger partial charge in [0, 0.05) is 5.54 Å². The van der Waals surface area contributed by atoms with Crippen LogP contribution in [0.4, 0.5) is 0 Å². The normalized spacial score (nSPS) is 12.0. The van der Waals surface area contributed by atoms with Gasteiger partial charge in [0.1, 0.15) is 5.76 Å². The molecule has 0 saturated heterocycles. The summed E-state index contributed by atoms with van der Waals surface area (Å²) in [4.78, 5) is 0. The Morgan fingerprint density at radius 3 is 2.56 bits per heavy atom. The first-order valence-electron chi connectivity index (χ1n) is 5.14. The number of hydrogen-bond acceptors (Lipinski definition) is 3. The van der Waals surface area contributed by atoms with Crippen LogP contribution in [0.2, 0.25) is 0 Å². The summed E-state index contributed by atoms with van der Waals surface area (Å²) in [6.45, 7) is 8.15. The highest BCUT2D eigenvalue weighted by molar-refractivity contribution is 7.71. The van der Waals surface area contributed by atoms with Gasteiger partial charge >= 0.3 is 0 Å². The molecule has 2 aromatic rings. The van der Waals surface area contributed by atoms with Crippen molar-refractivity contribution in [3.05, 3.63) is 22.7 Å². The van der Waals surface area contributed by atoms with Crippen molar-refractivity contribution in [1.29, 1.82) is 0 Å². The average molecular weight is 237 g/mol. The topological polar surface area (TPSA) is 46.8 Å². The summed E-state index contributed by atoms with van der Waals surface area (Å²) >= 11 is 5.23. The van der Waals surface area contributed by atoms with Crippen LogP contribution in [0, 0.1) is 11.7 Å². The summed E-state index contributed by atoms with van der Waals surface area (Å²) in [7, 11) is 0. The van der Waals surface area contributed by atoms with Gasteiger partial charge in [0.15, 0.2) is 16.4 Å². The van der Waals surface area contributed by atoms with Gasteiger partial charge in [-0.15, -0.1) is 0 Å². The maximum atomic E-state index is 5.57. The molecule has 0 aliphatic heterocycles. The van der Waals surface area contributed by atoms with Gasteiger partial charge in [-0.05, 0) is 52.0 Å². The van der Waals surface area contributed by atoms with Gasteiger partial charge in [-0.1, -0.05) is 0 Å². The van der Waals surface area contributed by atoms with E-state index in [9.17, 15) is 0 Å². The van der Waals surface area contributed by atoms with Crippen LogP contribution in [0.15, 0.2) is 16.5 Å². The third-order valence-electron chi connectivity index (χ3n) is 2.30. The van der Waals surface area contributed by atoms with E-state index in [1.807, 2.05) is 23.6 Å². The van der Waals surface area contributed by atoms with E-state index in [2.05, 4.69) is 31.0 Å². The highest BCUT2D eigenvalue weighted by atomic mass is 32.1. The fraction of sp³-hybridized carbons (Fsp3) is 0.455. The number of hydrogen-bond donors (Lipinski definition) is 1. The largest absolute Gasteiger partial charge is 0.458 e. The smallest absolute Gasteiger partial charge is 0.198 e. The molecule has 2 aromatic heterocycles. The zero-order valence-electron chi connectivity index (χ0n) is 9.87. The van der Waals surface area contributed by atoms with Crippen molar-refractivity contribution >= 4 is 12.2 Å². The molecule has 0 aromatic carbocycles. The standard InChI is InChI=1S/C11H15N3OS/c1-7-5-6-8(15-7)9-12-13-10(16)14(9)11(2,3)4/h5-6H,1-4H3,(H,13,16). The summed E-state index contributed by atoms with van der Waals surface area (Å²) in [6, 6.07) is 3.82. The van der Waals surface area contributed by atoms with E-state index in [1.54, 1.807) is 0 Å². The minimum atomic E-state index is -0.125. The van der Waals surface area contributed by atoms with Crippen LogP contribution < -0.4 is 0 Å². The fourth-order valence-electron chi connectivity index (χ4n) is 1.64. The first-order valence-corrected chi connectivity index (χ1v) is 5.55. The number of aromatic nitrogens is 3. The predicted molar refractivity (Wildman–Crippen MR) is 64.8 cm³/mol. The fourth-order valence-corrected chi connectivity index (χ4v) is 2.05. The van der Waals surface area contributed by atoms with Gasteiger partial charge in [0.25, 0.3) is 0 Å². The molecule has 0 spiro atoms. The van der Waals surface area contributed by atoms with Crippen molar-refractivity contribution in [3.8, 4) is 11.6 Å². The Morgan fingerprint density at radius 2 is 2.06 bits per heavy atom. The summed E-state index contributed by atoms with van der Waals surface area (Å²) in [5, 5.41) is 7.03. The van der Waals surface area contributed by atoms with Crippen LogP contribution in [0.5, 0.6) is 0 Å². The van der Waals surface area contributed by atoms with Gasteiger partial charge in [-0.3, -0.25) is 9.67 Å². The number of nitrogens with one attached hydrogen (secondary N) is 1. The van der Waals surface area contributed by atoms with E-state index in [4.69, 9.17) is 16.6 Å². The van der Waals surface area contributed by atoms with Crippen molar-refractivity contribution in [1.82, 2.24) is 14.8 Å². The van der Waals surface area contributed by atoms with Gasteiger partial charge in [0.05, 0.1) is 0 Å². The SMILES string of the molecule is Cc1ccc(-c2n[nH]c(=S)n2C(C)(C)C)o1. The van der Waals surface area contributed by atoms with Crippen molar-refractivity contribution in [2.24, 2.45) is 0 Å². The predicted octanol–water partition coefficient (Wildman–Crippen LogP) is 3.26. The van der Waals surface area contributed by atoms with Crippen molar-refractivity contribution in [3.63, 3.8) is 0 Å². The minimum Gasteiger partial charge on any atom is -0.458 e. The number of furan rings is 1. The number of aromatic amines is 1. The number of nitrogens with zero attached hydrogens (tertiary/aromatic N) is 2. The summed E-state index contributed by atoms with van der Waals surface area (Å²) in [5.74, 6) is 2.34. The van der Waals surface area contributed by atoms with E-state index in [0.717, 1.165) is 17.3 Å². The molecule has 16 heavy (non-hydrogen) atoms. The molecule has 0 amide bonds. The van der Waals surface area contributed by atoms with E-state index in [-0.39, 0.29) is 5.54 Å². The molecule has 2 rings (SSSR count). The van der Waals surface area contributed by atoms with Crippen molar-refractivity contribution in [2.45, 2.75) is 33.2 Å². The zero-order valence-corrected chi connectivity index (χ0v) is 10.7. The third kappa shape index (κ3) is 1.82. The number of rotatable bonds is 1. The molecule has 0 atom stereocenters. The molecule has 2 heterocycles. The lowest BCUT2D eigenvalue weighted by atomic mass is 10.1. The Morgan fingerprint density at radius 1 is 1.38 bits per heavy atom. The maximum absolute atomic E-state index is 5.57. The molecule has 5 heteroatoms. The minimum absolute atomic E-state index is 0.125. The highest BCUT2D eigenvalue weighted by Crippen LogP contribution is 2.25. The lowest BCUT2D eigenvalue weighted by Gasteiger charge is -2.21. The Balaban J connectivity index is 2.63. The Hall–Kier alpha value is -1.36. The summed E-state index contributed by atoms with van der Waals surface area (Å²) in [6.07, 6.45) is 0. The lowest BCUT2D eigenvalue weighted by molar-refractivity contribution is 0.390. The Kier molecular flexibility index (Phi) is 2.50. The van der Waals surface area contributed by atoms with Crippen LogP contribution in [0.3, 0.4) is 0 Å². The average Bonchev–Trinajstić information content (AvgIpc) is 2.70. The molecule has 0 saturated carbocycles. The van der Waals surface area contributed by atoms with E-state index in [0.29, 0.717) is 4.77 Å². The van der Waals surface area contributed by atoms with Crippen molar-refractivity contribution < 1.29 is 4.42 Å². The molecule has 0 unspecified atom stereocenters. The molecule has 0 bridgehead atoms. The quantitative estimate of drug-likeness (QED) is 0.774. The van der Waals surface area contributed by atoms with Gasteiger partial charge in [-0.25, -0.2) is 0 Å². The second-order valence-electron chi connectivity index (χ2n) is 4.77. The van der Waals surface area contributed by atoms with Gasteiger partial charge < -0.3 is 4.42 Å². The Bertz CT molecular complexity index is 556. The molecular formula is C11H15N3OS. The molecule has 0 aliphatic rings. The highest BCUT2D eigenvalue weighted by Gasteiger charge is 2.21. The van der Waals surface area contributed by atoms with Gasteiger partial charge in [0.2, 0.25) is 0 Å². The molecule has 4 nitrogen and oxygen atoms in total. The third-order valence-corrected chi connectivity index (χ3v) is 2.58.